The van der Waals surface area contributed by atoms with Crippen LogP contribution in [-0.2, 0) is 0 Å². The third-order valence-electron chi connectivity index (χ3n) is 2.91. The normalized spacial score (nSPS) is 12.4. The van der Waals surface area contributed by atoms with E-state index in [4.69, 9.17) is 4.74 Å². The van der Waals surface area contributed by atoms with Gasteiger partial charge in [-0.05, 0) is 59.6 Å². The minimum absolute atomic E-state index is 0.0446. The second-order valence-electron chi connectivity index (χ2n) is 5.05. The Morgan fingerprint density at radius 1 is 1.10 bits per heavy atom. The highest BCUT2D eigenvalue weighted by atomic mass is 79.9. The van der Waals surface area contributed by atoms with Gasteiger partial charge in [0.15, 0.2) is 0 Å². The van der Waals surface area contributed by atoms with Crippen molar-refractivity contribution in [1.29, 1.82) is 0 Å². The minimum Gasteiger partial charge on any atom is -0.489 e. The predicted molar refractivity (Wildman–Crippen MR) is 87.5 cm³/mol. The summed E-state index contributed by atoms with van der Waals surface area (Å²) < 4.78 is 6.69. The second-order valence-corrected chi connectivity index (χ2v) is 5.96. The Balaban J connectivity index is 2.34. The van der Waals surface area contributed by atoms with Crippen LogP contribution in [0.5, 0.6) is 5.75 Å². The second kappa shape index (κ2) is 7.52. The number of halogens is 1. The number of nitrogens with one attached hydrogen (secondary N) is 1. The monoisotopic (exact) mass is 349 g/mol. The molecule has 2 aromatic rings. The maximum absolute atomic E-state index is 5.73. The van der Waals surface area contributed by atoms with E-state index in [1.807, 2.05) is 32.3 Å². The van der Waals surface area contributed by atoms with Crippen molar-refractivity contribution < 1.29 is 4.74 Å². The predicted octanol–water partition coefficient (Wildman–Crippen LogP) is 3.73. The summed E-state index contributed by atoms with van der Waals surface area (Å²) in [6, 6.07) is 4.14. The molecule has 5 heteroatoms. The molecule has 0 amide bonds. The van der Waals surface area contributed by atoms with Gasteiger partial charge in [0.2, 0.25) is 0 Å². The molecule has 0 aliphatic heterocycles. The Kier molecular flexibility index (Phi) is 5.70. The van der Waals surface area contributed by atoms with Gasteiger partial charge >= 0.3 is 0 Å². The Hall–Kier alpha value is -1.46. The first kappa shape index (κ1) is 15.9. The van der Waals surface area contributed by atoms with Crippen LogP contribution in [0.15, 0.2) is 41.4 Å². The smallest absolute Gasteiger partial charge is 0.138 e. The van der Waals surface area contributed by atoms with Crippen molar-refractivity contribution in [2.24, 2.45) is 0 Å². The van der Waals surface area contributed by atoms with Crippen molar-refractivity contribution in [3.05, 3.63) is 52.5 Å². The van der Waals surface area contributed by atoms with Crippen LogP contribution in [-0.4, -0.2) is 22.6 Å². The lowest BCUT2D eigenvalue weighted by Gasteiger charge is -2.19. The molecule has 0 aliphatic rings. The van der Waals surface area contributed by atoms with E-state index in [0.717, 1.165) is 27.9 Å². The fourth-order valence-electron chi connectivity index (χ4n) is 2.15. The van der Waals surface area contributed by atoms with Gasteiger partial charge < -0.3 is 10.1 Å². The molecule has 2 heterocycles. The molecule has 0 aliphatic carbocycles. The van der Waals surface area contributed by atoms with E-state index in [2.05, 4.69) is 44.2 Å². The Morgan fingerprint density at radius 3 is 2.38 bits per heavy atom. The number of ether oxygens (including phenoxy) is 1. The fourth-order valence-corrected chi connectivity index (χ4v) is 2.53. The molecular weight excluding hydrogens is 330 g/mol. The van der Waals surface area contributed by atoms with Crippen LogP contribution < -0.4 is 10.1 Å². The average Bonchev–Trinajstić information content (AvgIpc) is 2.44. The minimum atomic E-state index is 0.0446. The molecule has 0 saturated heterocycles. The number of nitrogens with zero attached hydrogens (tertiary/aromatic N) is 2. The van der Waals surface area contributed by atoms with E-state index in [9.17, 15) is 0 Å². The molecular formula is C16H20BrN3O. The molecule has 0 saturated carbocycles. The zero-order chi connectivity index (χ0) is 15.2. The molecule has 0 bridgehead atoms. The van der Waals surface area contributed by atoms with E-state index in [1.165, 1.54) is 0 Å². The van der Waals surface area contributed by atoms with E-state index in [1.54, 1.807) is 12.4 Å². The van der Waals surface area contributed by atoms with Gasteiger partial charge in [-0.3, -0.25) is 9.97 Å². The van der Waals surface area contributed by atoms with Gasteiger partial charge in [-0.1, -0.05) is 6.92 Å². The molecule has 0 radical (unpaired) electrons. The van der Waals surface area contributed by atoms with E-state index < -0.39 is 0 Å². The molecule has 21 heavy (non-hydrogen) atoms. The van der Waals surface area contributed by atoms with Crippen molar-refractivity contribution in [2.45, 2.75) is 32.9 Å². The summed E-state index contributed by atoms with van der Waals surface area (Å²) >= 11 is 3.47. The van der Waals surface area contributed by atoms with E-state index in [0.29, 0.717) is 0 Å². The van der Waals surface area contributed by atoms with E-state index in [-0.39, 0.29) is 12.1 Å². The Morgan fingerprint density at radius 2 is 1.76 bits per heavy atom. The van der Waals surface area contributed by atoms with Crippen LogP contribution >= 0.6 is 15.9 Å². The first-order chi connectivity index (χ1) is 10.1. The lowest BCUT2D eigenvalue weighted by molar-refractivity contribution is 0.241. The molecule has 0 aromatic carbocycles. The van der Waals surface area contributed by atoms with Crippen LogP contribution in [0.2, 0.25) is 0 Å². The van der Waals surface area contributed by atoms with Gasteiger partial charge in [0.1, 0.15) is 5.75 Å². The summed E-state index contributed by atoms with van der Waals surface area (Å²) in [5, 5.41) is 3.47. The number of hydrogen-bond acceptors (Lipinski definition) is 4. The largest absolute Gasteiger partial charge is 0.489 e. The lowest BCUT2D eigenvalue weighted by Crippen LogP contribution is -2.22. The average molecular weight is 350 g/mol. The van der Waals surface area contributed by atoms with Crippen molar-refractivity contribution >= 4 is 15.9 Å². The van der Waals surface area contributed by atoms with Gasteiger partial charge in [0.25, 0.3) is 0 Å². The van der Waals surface area contributed by atoms with Crippen LogP contribution in [0, 0.1) is 0 Å². The highest BCUT2D eigenvalue weighted by molar-refractivity contribution is 9.10. The molecule has 2 aromatic heterocycles. The summed E-state index contributed by atoms with van der Waals surface area (Å²) in [6.07, 6.45) is 7.39. The molecule has 2 rings (SSSR count). The number of hydrogen-bond donors (Lipinski definition) is 1. The first-order valence-corrected chi connectivity index (χ1v) is 7.85. The molecule has 1 atom stereocenters. The van der Waals surface area contributed by atoms with Gasteiger partial charge in [-0.15, -0.1) is 0 Å². The Bertz CT molecular complexity index is 589. The summed E-state index contributed by atoms with van der Waals surface area (Å²) in [5.41, 5.74) is 2.16. The number of pyridine rings is 2. The van der Waals surface area contributed by atoms with Crippen molar-refractivity contribution in [3.8, 4) is 5.75 Å². The van der Waals surface area contributed by atoms with E-state index >= 15 is 0 Å². The number of aromatic nitrogens is 2. The first-order valence-electron chi connectivity index (χ1n) is 7.05. The summed E-state index contributed by atoms with van der Waals surface area (Å²) in [4.78, 5) is 8.54. The van der Waals surface area contributed by atoms with Gasteiger partial charge in [-0.25, -0.2) is 0 Å². The SMILES string of the molecule is CCNC(c1cncc(Br)c1)c1cncc(OC(C)C)c1. The molecule has 112 valence electrons. The zero-order valence-electron chi connectivity index (χ0n) is 12.5. The van der Waals surface area contributed by atoms with Crippen molar-refractivity contribution in [3.63, 3.8) is 0 Å². The highest BCUT2D eigenvalue weighted by Crippen LogP contribution is 2.26. The van der Waals surface area contributed by atoms with Crippen molar-refractivity contribution in [2.75, 3.05) is 6.54 Å². The van der Waals surface area contributed by atoms with Gasteiger partial charge in [0, 0.05) is 23.1 Å². The number of rotatable bonds is 6. The van der Waals surface area contributed by atoms with Crippen LogP contribution in [0.1, 0.15) is 37.9 Å². The molecule has 0 fully saturated rings. The fraction of sp³-hybridized carbons (Fsp3) is 0.375. The molecule has 1 unspecified atom stereocenters. The third-order valence-corrected chi connectivity index (χ3v) is 3.34. The summed E-state index contributed by atoms with van der Waals surface area (Å²) in [7, 11) is 0. The van der Waals surface area contributed by atoms with Gasteiger partial charge in [-0.2, -0.15) is 0 Å². The van der Waals surface area contributed by atoms with Crippen LogP contribution in [0.4, 0.5) is 0 Å². The zero-order valence-corrected chi connectivity index (χ0v) is 14.1. The molecule has 1 N–H and O–H groups in total. The lowest BCUT2D eigenvalue weighted by atomic mass is 10.0. The van der Waals surface area contributed by atoms with Crippen LogP contribution in [0.25, 0.3) is 0 Å². The summed E-state index contributed by atoms with van der Waals surface area (Å²) in [6.45, 7) is 6.95. The Labute approximate surface area is 134 Å². The maximum atomic E-state index is 5.73. The van der Waals surface area contributed by atoms with Crippen molar-refractivity contribution in [1.82, 2.24) is 15.3 Å². The quantitative estimate of drug-likeness (QED) is 0.863. The highest BCUT2D eigenvalue weighted by Gasteiger charge is 2.15. The molecule has 0 spiro atoms. The van der Waals surface area contributed by atoms with Crippen LogP contribution in [0.3, 0.4) is 0 Å². The van der Waals surface area contributed by atoms with Gasteiger partial charge in [0.05, 0.1) is 18.3 Å². The standard InChI is InChI=1S/C16H20BrN3O/c1-4-20-16(12-5-14(17)9-18-7-12)13-6-15(10-19-8-13)21-11(2)3/h5-11,16,20H,4H2,1-3H3. The summed E-state index contributed by atoms with van der Waals surface area (Å²) in [5.74, 6) is 0.786. The topological polar surface area (TPSA) is 47.0 Å². The third kappa shape index (κ3) is 4.51. The molecule has 4 nitrogen and oxygen atoms in total. The maximum Gasteiger partial charge on any atom is 0.138 e.